The van der Waals surface area contributed by atoms with E-state index in [-0.39, 0.29) is 0 Å². The van der Waals surface area contributed by atoms with Gasteiger partial charge in [0.15, 0.2) is 0 Å². The summed E-state index contributed by atoms with van der Waals surface area (Å²) in [6.07, 6.45) is 4.17. The minimum Gasteiger partial charge on any atom is -0.444 e. The molecule has 1 fully saturated rings. The van der Waals surface area contributed by atoms with Gasteiger partial charge in [-0.15, -0.1) is 0 Å². The second kappa shape index (κ2) is 5.58. The lowest BCUT2D eigenvalue weighted by Crippen LogP contribution is -2.31. The first kappa shape index (κ1) is 15.3. The van der Waals surface area contributed by atoms with E-state index in [2.05, 4.69) is 17.4 Å². The number of nitrogens with one attached hydrogen (secondary N) is 1. The molecule has 3 atom stereocenters. The third-order valence-electron chi connectivity index (χ3n) is 4.81. The van der Waals surface area contributed by atoms with Crippen molar-refractivity contribution in [2.45, 2.75) is 58.1 Å². The van der Waals surface area contributed by atoms with Gasteiger partial charge in [0.05, 0.1) is 0 Å². The number of nitrogens with two attached hydrogens (primary N) is 1. The Bertz CT molecular complexity index is 577. The quantitative estimate of drug-likeness (QED) is 0.834. The van der Waals surface area contributed by atoms with Crippen molar-refractivity contribution in [1.29, 1.82) is 0 Å². The number of hydrogen-bond acceptors (Lipinski definition) is 3. The third-order valence-corrected chi connectivity index (χ3v) is 4.81. The molecular formula is C18H26N2O2. The largest absolute Gasteiger partial charge is 0.444 e. The number of carbonyl (C=O) groups excluding carboxylic acids is 1. The van der Waals surface area contributed by atoms with Crippen LogP contribution in [0.4, 0.5) is 10.5 Å². The summed E-state index contributed by atoms with van der Waals surface area (Å²) >= 11 is 0. The van der Waals surface area contributed by atoms with E-state index in [1.165, 1.54) is 24.0 Å². The minimum absolute atomic E-state index is 0.328. The van der Waals surface area contributed by atoms with E-state index in [1.54, 1.807) is 0 Å². The molecule has 0 saturated heterocycles. The van der Waals surface area contributed by atoms with E-state index in [0.29, 0.717) is 17.9 Å². The van der Waals surface area contributed by atoms with Gasteiger partial charge in [-0.1, -0.05) is 6.07 Å². The summed E-state index contributed by atoms with van der Waals surface area (Å²) in [5.41, 5.74) is 9.40. The molecule has 0 aromatic heterocycles. The molecule has 1 amide bonds. The third kappa shape index (κ3) is 3.27. The van der Waals surface area contributed by atoms with Gasteiger partial charge in [0.2, 0.25) is 0 Å². The van der Waals surface area contributed by atoms with Crippen LogP contribution < -0.4 is 11.1 Å². The van der Waals surface area contributed by atoms with Gasteiger partial charge in [0, 0.05) is 11.7 Å². The van der Waals surface area contributed by atoms with Crippen LogP contribution in [0, 0.1) is 11.8 Å². The Labute approximate surface area is 132 Å². The van der Waals surface area contributed by atoms with Crippen LogP contribution in [0.1, 0.15) is 44.7 Å². The first-order chi connectivity index (χ1) is 10.3. The molecule has 1 aromatic carbocycles. The second-order valence-electron chi connectivity index (χ2n) is 7.69. The molecule has 22 heavy (non-hydrogen) atoms. The summed E-state index contributed by atoms with van der Waals surface area (Å²) in [7, 11) is 0. The van der Waals surface area contributed by atoms with Crippen LogP contribution >= 0.6 is 0 Å². The molecule has 3 rings (SSSR count). The van der Waals surface area contributed by atoms with Crippen molar-refractivity contribution in [2.75, 3.05) is 5.32 Å². The van der Waals surface area contributed by atoms with Crippen molar-refractivity contribution in [3.63, 3.8) is 0 Å². The van der Waals surface area contributed by atoms with Crippen molar-refractivity contribution in [3.05, 3.63) is 29.3 Å². The van der Waals surface area contributed by atoms with Crippen molar-refractivity contribution in [1.82, 2.24) is 0 Å². The molecule has 0 radical (unpaired) electrons. The molecule has 4 nitrogen and oxygen atoms in total. The van der Waals surface area contributed by atoms with Gasteiger partial charge in [-0.25, -0.2) is 4.79 Å². The predicted octanol–water partition coefficient (Wildman–Crippen LogP) is 3.49. The Morgan fingerprint density at radius 2 is 1.82 bits per heavy atom. The molecule has 3 unspecified atom stereocenters. The Balaban J connectivity index is 1.75. The predicted molar refractivity (Wildman–Crippen MR) is 87.9 cm³/mol. The Morgan fingerprint density at radius 1 is 1.18 bits per heavy atom. The second-order valence-corrected chi connectivity index (χ2v) is 7.69. The number of hydrogen-bond donors (Lipinski definition) is 2. The van der Waals surface area contributed by atoms with Gasteiger partial charge < -0.3 is 10.5 Å². The zero-order chi connectivity index (χ0) is 15.9. The molecule has 120 valence electrons. The highest BCUT2D eigenvalue weighted by Gasteiger charge is 2.36. The normalized spacial score (nSPS) is 27.0. The summed E-state index contributed by atoms with van der Waals surface area (Å²) < 4.78 is 5.31. The number of benzene rings is 1. The van der Waals surface area contributed by atoms with E-state index in [4.69, 9.17) is 10.5 Å². The average Bonchev–Trinajstić information content (AvgIpc) is 2.63. The van der Waals surface area contributed by atoms with E-state index >= 15 is 0 Å². The number of fused-ring (bicyclic) bond motifs is 3. The molecule has 0 aliphatic heterocycles. The molecule has 3 N–H and O–H groups in total. The van der Waals surface area contributed by atoms with Crippen LogP contribution in [-0.4, -0.2) is 17.7 Å². The standard InChI is InChI=1S/C18H26N2O2/c1-18(2,3)22-17(21)20-15-7-6-11-8-12-4-5-13(16(12)19)9-14(11)10-15/h6-7,10,12-13,16H,4-5,8-9,19H2,1-3H3,(H,20,21). The van der Waals surface area contributed by atoms with Gasteiger partial charge in [0.25, 0.3) is 0 Å². The molecule has 1 aromatic rings. The fourth-order valence-corrected chi connectivity index (χ4v) is 3.75. The maximum absolute atomic E-state index is 11.9. The summed E-state index contributed by atoms with van der Waals surface area (Å²) in [6.45, 7) is 5.59. The Hall–Kier alpha value is -1.55. The van der Waals surface area contributed by atoms with Crippen LogP contribution in [0.3, 0.4) is 0 Å². The van der Waals surface area contributed by atoms with Crippen LogP contribution in [-0.2, 0) is 17.6 Å². The smallest absolute Gasteiger partial charge is 0.412 e. The maximum atomic E-state index is 11.9. The van der Waals surface area contributed by atoms with Gasteiger partial charge in [-0.05, 0) is 81.5 Å². The fraction of sp³-hybridized carbons (Fsp3) is 0.611. The van der Waals surface area contributed by atoms with Crippen LogP contribution in [0.15, 0.2) is 18.2 Å². The fourth-order valence-electron chi connectivity index (χ4n) is 3.75. The summed E-state index contributed by atoms with van der Waals surface area (Å²) in [4.78, 5) is 11.9. The number of rotatable bonds is 1. The molecule has 1 saturated carbocycles. The summed E-state index contributed by atoms with van der Waals surface area (Å²) in [5.74, 6) is 1.21. The van der Waals surface area contributed by atoms with Crippen LogP contribution in [0.25, 0.3) is 0 Å². The molecule has 2 aliphatic carbocycles. The van der Waals surface area contributed by atoms with Gasteiger partial charge >= 0.3 is 6.09 Å². The van der Waals surface area contributed by atoms with Crippen molar-refractivity contribution >= 4 is 11.8 Å². The van der Waals surface area contributed by atoms with Crippen LogP contribution in [0.5, 0.6) is 0 Å². The van der Waals surface area contributed by atoms with Crippen molar-refractivity contribution in [3.8, 4) is 0 Å². The SMILES string of the molecule is CC(C)(C)OC(=O)Nc1ccc2c(c1)CC1CCC(C2)C1N. The van der Waals surface area contributed by atoms with E-state index in [0.717, 1.165) is 18.5 Å². The van der Waals surface area contributed by atoms with Gasteiger partial charge in [0.1, 0.15) is 5.60 Å². The minimum atomic E-state index is -0.484. The molecular weight excluding hydrogens is 276 g/mol. The number of amides is 1. The number of anilines is 1. The van der Waals surface area contributed by atoms with E-state index in [9.17, 15) is 4.79 Å². The molecule has 0 heterocycles. The zero-order valence-electron chi connectivity index (χ0n) is 13.7. The lowest BCUT2D eigenvalue weighted by molar-refractivity contribution is 0.0636. The Morgan fingerprint density at radius 3 is 2.45 bits per heavy atom. The molecule has 0 spiro atoms. The zero-order valence-corrected chi connectivity index (χ0v) is 13.7. The van der Waals surface area contributed by atoms with Crippen molar-refractivity contribution in [2.24, 2.45) is 17.6 Å². The van der Waals surface area contributed by atoms with Gasteiger partial charge in [-0.2, -0.15) is 0 Å². The molecule has 4 heteroatoms. The maximum Gasteiger partial charge on any atom is 0.412 e. The topological polar surface area (TPSA) is 64.3 Å². The summed E-state index contributed by atoms with van der Waals surface area (Å²) in [5, 5.41) is 2.83. The van der Waals surface area contributed by atoms with Crippen LogP contribution in [0.2, 0.25) is 0 Å². The van der Waals surface area contributed by atoms with E-state index in [1.807, 2.05) is 26.8 Å². The first-order valence-corrected chi connectivity index (χ1v) is 8.19. The number of carbonyl (C=O) groups is 1. The Kier molecular flexibility index (Phi) is 3.89. The monoisotopic (exact) mass is 302 g/mol. The lowest BCUT2D eigenvalue weighted by Gasteiger charge is -2.20. The van der Waals surface area contributed by atoms with Gasteiger partial charge in [-0.3, -0.25) is 5.32 Å². The molecule has 2 bridgehead atoms. The first-order valence-electron chi connectivity index (χ1n) is 8.19. The van der Waals surface area contributed by atoms with Crippen molar-refractivity contribution < 1.29 is 9.53 Å². The average molecular weight is 302 g/mol. The highest BCUT2D eigenvalue weighted by Crippen LogP contribution is 2.39. The summed E-state index contributed by atoms with van der Waals surface area (Å²) in [6, 6.07) is 6.52. The highest BCUT2D eigenvalue weighted by molar-refractivity contribution is 5.85. The van der Waals surface area contributed by atoms with E-state index < -0.39 is 11.7 Å². The lowest BCUT2D eigenvalue weighted by atomic mass is 9.93. The highest BCUT2D eigenvalue weighted by atomic mass is 16.6. The molecule has 2 aliphatic rings. The number of ether oxygens (including phenoxy) is 1.